The van der Waals surface area contributed by atoms with Crippen LogP contribution in [-0.4, -0.2) is 46.3 Å². The number of phenolic OH excluding ortho intramolecular Hbond substituents is 1. The summed E-state index contributed by atoms with van der Waals surface area (Å²) in [7, 11) is 0. The molecule has 0 spiro atoms. The predicted octanol–water partition coefficient (Wildman–Crippen LogP) is 1.14. The van der Waals surface area contributed by atoms with Crippen LogP contribution in [-0.2, 0) is 4.79 Å². The Hall–Kier alpha value is -1.75. The van der Waals surface area contributed by atoms with Crippen LogP contribution < -0.4 is 4.74 Å². The third-order valence-corrected chi connectivity index (χ3v) is 3.41. The fraction of sp³-hybridized carbons (Fsp3) is 0.500. The van der Waals surface area contributed by atoms with Gasteiger partial charge in [-0.3, -0.25) is 4.79 Å². The Morgan fingerprint density at radius 2 is 2.00 bits per heavy atom. The molecule has 1 aromatic carbocycles. The van der Waals surface area contributed by atoms with E-state index >= 15 is 0 Å². The van der Waals surface area contributed by atoms with Crippen molar-refractivity contribution in [1.82, 2.24) is 4.90 Å². The van der Waals surface area contributed by atoms with Gasteiger partial charge < -0.3 is 19.8 Å². The molecule has 0 atom stereocenters. The van der Waals surface area contributed by atoms with Crippen molar-refractivity contribution in [2.75, 3.05) is 19.7 Å². The van der Waals surface area contributed by atoms with Gasteiger partial charge in [-0.25, -0.2) is 0 Å². The van der Waals surface area contributed by atoms with Crippen LogP contribution in [0.15, 0.2) is 24.3 Å². The van der Waals surface area contributed by atoms with Crippen LogP contribution in [0.2, 0.25) is 0 Å². The summed E-state index contributed by atoms with van der Waals surface area (Å²) in [5.41, 5.74) is -0.671. The summed E-state index contributed by atoms with van der Waals surface area (Å²) in [5.74, 6) is 0.204. The summed E-state index contributed by atoms with van der Waals surface area (Å²) < 4.78 is 5.30. The van der Waals surface area contributed by atoms with Crippen LogP contribution in [0.4, 0.5) is 0 Å². The van der Waals surface area contributed by atoms with Crippen molar-refractivity contribution >= 4 is 5.91 Å². The highest BCUT2D eigenvalue weighted by Gasteiger charge is 2.29. The maximum atomic E-state index is 11.9. The van der Waals surface area contributed by atoms with E-state index in [1.165, 1.54) is 6.07 Å². The predicted molar refractivity (Wildman–Crippen MR) is 70.0 cm³/mol. The Balaban J connectivity index is 1.84. The summed E-state index contributed by atoms with van der Waals surface area (Å²) >= 11 is 0. The van der Waals surface area contributed by atoms with Gasteiger partial charge >= 0.3 is 0 Å². The van der Waals surface area contributed by atoms with Gasteiger partial charge in [0.25, 0.3) is 5.91 Å². The number of phenols is 1. The van der Waals surface area contributed by atoms with Gasteiger partial charge in [0.2, 0.25) is 0 Å². The van der Waals surface area contributed by atoms with E-state index in [2.05, 4.69) is 0 Å². The van der Waals surface area contributed by atoms with Crippen LogP contribution in [0, 0.1) is 0 Å². The molecule has 2 rings (SSSR count). The van der Waals surface area contributed by atoms with E-state index in [0.717, 1.165) is 0 Å². The number of aliphatic hydroxyl groups is 1. The van der Waals surface area contributed by atoms with E-state index in [1.807, 2.05) is 0 Å². The number of hydrogen-bond donors (Lipinski definition) is 2. The molecule has 1 amide bonds. The monoisotopic (exact) mass is 265 g/mol. The van der Waals surface area contributed by atoms with Crippen molar-refractivity contribution in [3.05, 3.63) is 24.3 Å². The van der Waals surface area contributed by atoms with Gasteiger partial charge in [-0.05, 0) is 31.9 Å². The quantitative estimate of drug-likeness (QED) is 0.860. The number of rotatable bonds is 3. The lowest BCUT2D eigenvalue weighted by Gasteiger charge is -2.35. The molecule has 1 fully saturated rings. The van der Waals surface area contributed by atoms with Gasteiger partial charge in [-0.1, -0.05) is 12.1 Å². The van der Waals surface area contributed by atoms with Gasteiger partial charge in [0.1, 0.15) is 0 Å². The average molecular weight is 265 g/mol. The Kier molecular flexibility index (Phi) is 3.95. The zero-order valence-corrected chi connectivity index (χ0v) is 11.0. The minimum atomic E-state index is -0.671. The summed E-state index contributed by atoms with van der Waals surface area (Å²) in [5, 5.41) is 19.3. The van der Waals surface area contributed by atoms with Crippen LogP contribution in [0.25, 0.3) is 0 Å². The molecular weight excluding hydrogens is 246 g/mol. The van der Waals surface area contributed by atoms with Crippen LogP contribution in [0.1, 0.15) is 19.8 Å². The summed E-state index contributed by atoms with van der Waals surface area (Å²) in [4.78, 5) is 13.6. The largest absolute Gasteiger partial charge is 0.504 e. The van der Waals surface area contributed by atoms with Crippen LogP contribution in [0.3, 0.4) is 0 Å². The molecule has 0 bridgehead atoms. The highest BCUT2D eigenvalue weighted by Crippen LogP contribution is 2.25. The van der Waals surface area contributed by atoms with Crippen LogP contribution >= 0.6 is 0 Å². The molecule has 0 aromatic heterocycles. The fourth-order valence-corrected chi connectivity index (χ4v) is 2.05. The van der Waals surface area contributed by atoms with Crippen molar-refractivity contribution in [2.45, 2.75) is 25.4 Å². The number of piperidine rings is 1. The van der Waals surface area contributed by atoms with E-state index in [0.29, 0.717) is 31.7 Å². The summed E-state index contributed by atoms with van der Waals surface area (Å²) in [6, 6.07) is 6.55. The van der Waals surface area contributed by atoms with Gasteiger partial charge in [-0.15, -0.1) is 0 Å². The van der Waals surface area contributed by atoms with E-state index < -0.39 is 5.60 Å². The lowest BCUT2D eigenvalue weighted by atomic mass is 9.94. The molecule has 1 aliphatic rings. The zero-order valence-electron chi connectivity index (χ0n) is 11.0. The average Bonchev–Trinajstić information content (AvgIpc) is 2.37. The SMILES string of the molecule is CC1(O)CCN(C(=O)COc2ccccc2O)CC1. The molecule has 104 valence electrons. The van der Waals surface area contributed by atoms with Crippen molar-refractivity contribution < 1.29 is 19.7 Å². The highest BCUT2D eigenvalue weighted by atomic mass is 16.5. The first-order valence-corrected chi connectivity index (χ1v) is 6.39. The van der Waals surface area contributed by atoms with Crippen molar-refractivity contribution in [2.24, 2.45) is 0 Å². The number of amides is 1. The molecule has 1 aliphatic heterocycles. The van der Waals surface area contributed by atoms with E-state index in [-0.39, 0.29) is 18.3 Å². The van der Waals surface area contributed by atoms with Crippen molar-refractivity contribution in [3.8, 4) is 11.5 Å². The molecule has 0 saturated carbocycles. The molecule has 5 nitrogen and oxygen atoms in total. The third kappa shape index (κ3) is 3.61. The number of carbonyl (C=O) groups is 1. The van der Waals surface area contributed by atoms with Gasteiger partial charge in [0.15, 0.2) is 18.1 Å². The van der Waals surface area contributed by atoms with Crippen molar-refractivity contribution in [3.63, 3.8) is 0 Å². The van der Waals surface area contributed by atoms with E-state index in [1.54, 1.807) is 30.0 Å². The third-order valence-electron chi connectivity index (χ3n) is 3.41. The lowest BCUT2D eigenvalue weighted by molar-refractivity contribution is -0.137. The Labute approximate surface area is 112 Å². The smallest absolute Gasteiger partial charge is 0.260 e. The molecule has 19 heavy (non-hydrogen) atoms. The topological polar surface area (TPSA) is 70.0 Å². The van der Waals surface area contributed by atoms with Gasteiger partial charge in [0, 0.05) is 13.1 Å². The van der Waals surface area contributed by atoms with Gasteiger partial charge in [-0.2, -0.15) is 0 Å². The number of para-hydroxylation sites is 2. The number of likely N-dealkylation sites (tertiary alicyclic amines) is 1. The number of aromatic hydroxyl groups is 1. The van der Waals surface area contributed by atoms with Crippen LogP contribution in [0.5, 0.6) is 11.5 Å². The number of hydrogen-bond acceptors (Lipinski definition) is 4. The maximum absolute atomic E-state index is 11.9. The summed E-state index contributed by atoms with van der Waals surface area (Å²) in [6.07, 6.45) is 1.16. The Bertz CT molecular complexity index is 449. The number of carbonyl (C=O) groups excluding carboxylic acids is 1. The number of nitrogens with zero attached hydrogens (tertiary/aromatic N) is 1. The zero-order chi connectivity index (χ0) is 13.9. The standard InChI is InChI=1S/C14H19NO4/c1-14(18)6-8-15(9-7-14)13(17)10-19-12-5-3-2-4-11(12)16/h2-5,16,18H,6-10H2,1H3. The second-order valence-corrected chi connectivity index (χ2v) is 5.13. The number of benzene rings is 1. The first-order chi connectivity index (χ1) is 8.98. The second-order valence-electron chi connectivity index (χ2n) is 5.13. The Morgan fingerprint density at radius 3 is 2.63 bits per heavy atom. The molecule has 1 aromatic rings. The molecule has 5 heteroatoms. The van der Waals surface area contributed by atoms with E-state index in [4.69, 9.17) is 4.74 Å². The van der Waals surface area contributed by atoms with E-state index in [9.17, 15) is 15.0 Å². The molecule has 0 unspecified atom stereocenters. The highest BCUT2D eigenvalue weighted by molar-refractivity contribution is 5.78. The lowest BCUT2D eigenvalue weighted by Crippen LogP contribution is -2.46. The molecule has 0 aliphatic carbocycles. The Morgan fingerprint density at radius 1 is 1.37 bits per heavy atom. The second kappa shape index (κ2) is 5.48. The normalized spacial score (nSPS) is 18.1. The molecule has 2 N–H and O–H groups in total. The van der Waals surface area contributed by atoms with Gasteiger partial charge in [0.05, 0.1) is 5.60 Å². The summed E-state index contributed by atoms with van der Waals surface area (Å²) in [6.45, 7) is 2.76. The molecule has 1 saturated heterocycles. The number of ether oxygens (including phenoxy) is 1. The molecule has 0 radical (unpaired) electrons. The fourth-order valence-electron chi connectivity index (χ4n) is 2.05. The molecule has 1 heterocycles. The van der Waals surface area contributed by atoms with Crippen molar-refractivity contribution in [1.29, 1.82) is 0 Å². The minimum absolute atomic E-state index is 0.0249. The molecular formula is C14H19NO4. The maximum Gasteiger partial charge on any atom is 0.260 e. The first kappa shape index (κ1) is 13.7. The minimum Gasteiger partial charge on any atom is -0.504 e. The first-order valence-electron chi connectivity index (χ1n) is 6.39.